The Morgan fingerprint density at radius 2 is 1.64 bits per heavy atom. The summed E-state index contributed by atoms with van der Waals surface area (Å²) in [5, 5.41) is 0. The van der Waals surface area contributed by atoms with Crippen molar-refractivity contribution in [3.63, 3.8) is 0 Å². The molecule has 0 saturated heterocycles. The molecule has 0 aliphatic heterocycles. The number of benzene rings is 1. The van der Waals surface area contributed by atoms with E-state index in [0.717, 1.165) is 6.42 Å². The normalized spacial score (nSPS) is 14.0. The van der Waals surface area contributed by atoms with Crippen molar-refractivity contribution >= 4 is 30.4 Å². The van der Waals surface area contributed by atoms with E-state index in [0.29, 0.717) is 0 Å². The van der Waals surface area contributed by atoms with Crippen LogP contribution in [-0.4, -0.2) is 5.54 Å². The van der Waals surface area contributed by atoms with Crippen molar-refractivity contribution in [1.29, 1.82) is 0 Å². The topological polar surface area (TPSA) is 12.0 Å². The summed E-state index contributed by atoms with van der Waals surface area (Å²) in [6, 6.07) is 8.92. The van der Waals surface area contributed by atoms with Crippen molar-refractivity contribution in [1.82, 2.24) is 3.80 Å². The summed E-state index contributed by atoms with van der Waals surface area (Å²) in [5.74, 6) is 0. The Hall–Kier alpha value is -0.0457. The molecule has 0 spiro atoms. The van der Waals surface area contributed by atoms with Gasteiger partial charge in [-0.15, -0.1) is 24.8 Å². The zero-order chi connectivity index (χ0) is 14.8. The maximum absolute atomic E-state index is 3.77. The SMILES string of the molecule is CC(C)(C)[NH][Ti][C](C)(C)c1ccccc1C1=CC=CC1.Cl.Cl. The van der Waals surface area contributed by atoms with E-state index in [1.165, 1.54) is 16.7 Å². The van der Waals surface area contributed by atoms with E-state index < -0.39 is 0 Å². The molecule has 0 atom stereocenters. The third-order valence-corrected chi connectivity index (χ3v) is 6.23. The van der Waals surface area contributed by atoms with E-state index in [4.69, 9.17) is 0 Å². The van der Waals surface area contributed by atoms with Crippen LogP contribution in [0.3, 0.4) is 0 Å². The summed E-state index contributed by atoms with van der Waals surface area (Å²) < 4.78 is 4.01. The van der Waals surface area contributed by atoms with Crippen molar-refractivity contribution in [2.24, 2.45) is 0 Å². The Balaban J connectivity index is 0.00000220. The summed E-state index contributed by atoms with van der Waals surface area (Å²) in [7, 11) is 0. The molecule has 0 fully saturated rings. The first kappa shape index (κ1) is 22.0. The number of rotatable bonds is 4. The van der Waals surface area contributed by atoms with E-state index in [9.17, 15) is 0 Å². The van der Waals surface area contributed by atoms with E-state index in [2.05, 4.69) is 80.9 Å². The van der Waals surface area contributed by atoms with Crippen LogP contribution >= 0.6 is 24.8 Å². The predicted molar refractivity (Wildman–Crippen MR) is 98.6 cm³/mol. The van der Waals surface area contributed by atoms with Gasteiger partial charge in [0.15, 0.2) is 0 Å². The van der Waals surface area contributed by atoms with Crippen LogP contribution < -0.4 is 3.80 Å². The molecule has 22 heavy (non-hydrogen) atoms. The summed E-state index contributed by atoms with van der Waals surface area (Å²) in [6.07, 6.45) is 7.73. The van der Waals surface area contributed by atoms with E-state index in [-0.39, 0.29) is 53.5 Å². The Kier molecular flexibility index (Phi) is 8.69. The van der Waals surface area contributed by atoms with Crippen LogP contribution in [0.1, 0.15) is 52.2 Å². The molecular weight excluding hydrogens is 349 g/mol. The molecule has 0 unspecified atom stereocenters. The van der Waals surface area contributed by atoms with Gasteiger partial charge in [0.05, 0.1) is 0 Å². The van der Waals surface area contributed by atoms with Crippen LogP contribution in [0.15, 0.2) is 42.5 Å². The molecule has 1 N–H and O–H groups in total. The summed E-state index contributed by atoms with van der Waals surface area (Å²) in [6.45, 7) is 11.5. The molecule has 1 aliphatic rings. The second-order valence-electron chi connectivity index (χ2n) is 6.99. The molecule has 0 heterocycles. The standard InChI is InChI=1S/C14H15.C4H10N.2ClH.Ti/c1-11(2)13-9-5-6-10-14(13)12-7-3-4-8-12;1-4(2,3)5;;;/h3-7,9-10H,8H2,1-2H3;5H,1-3H3;2*1H;/q;-1;;;+1. The number of nitrogens with one attached hydrogen (secondary N) is 1. The fourth-order valence-corrected chi connectivity index (χ4v) is 3.99. The van der Waals surface area contributed by atoms with E-state index in [1.807, 2.05) is 0 Å². The summed E-state index contributed by atoms with van der Waals surface area (Å²) in [4.78, 5) is 0. The third kappa shape index (κ3) is 5.87. The number of allylic oxidation sites excluding steroid dienone is 4. The molecule has 1 aromatic rings. The van der Waals surface area contributed by atoms with Crippen molar-refractivity contribution in [2.75, 3.05) is 0 Å². The maximum atomic E-state index is 3.77. The Bertz CT molecular complexity index is 542. The van der Waals surface area contributed by atoms with E-state index >= 15 is 0 Å². The van der Waals surface area contributed by atoms with Gasteiger partial charge in [-0.2, -0.15) is 0 Å². The van der Waals surface area contributed by atoms with Gasteiger partial charge in [0.2, 0.25) is 0 Å². The average Bonchev–Trinajstić information content (AvgIpc) is 2.90. The van der Waals surface area contributed by atoms with Gasteiger partial charge in [0.25, 0.3) is 0 Å². The third-order valence-electron chi connectivity index (χ3n) is 3.47. The van der Waals surface area contributed by atoms with Gasteiger partial charge in [0.1, 0.15) is 0 Å². The minimum atomic E-state index is -0.270. The maximum Gasteiger partial charge on any atom is -0.147 e. The molecule has 0 bridgehead atoms. The van der Waals surface area contributed by atoms with E-state index in [1.54, 1.807) is 0 Å². The summed E-state index contributed by atoms with van der Waals surface area (Å²) >= 11 is -0.270. The number of halogens is 2. The van der Waals surface area contributed by atoms with Crippen molar-refractivity contribution in [2.45, 2.75) is 50.3 Å². The second kappa shape index (κ2) is 8.71. The van der Waals surface area contributed by atoms with Gasteiger partial charge in [-0.1, -0.05) is 0 Å². The molecule has 1 nitrogen and oxygen atoms in total. The number of hydrogen-bond donors (Lipinski definition) is 1. The monoisotopic (exact) mass is 375 g/mol. The Morgan fingerprint density at radius 3 is 2.18 bits per heavy atom. The molecule has 0 aromatic heterocycles. The molecule has 0 radical (unpaired) electrons. The van der Waals surface area contributed by atoms with Gasteiger partial charge >= 0.3 is 133 Å². The van der Waals surface area contributed by atoms with Gasteiger partial charge in [0, 0.05) is 0 Å². The molecule has 0 saturated carbocycles. The molecular formula is C18H27Cl2NTi. The average molecular weight is 376 g/mol. The first-order valence-corrected chi connectivity index (χ1v) is 8.86. The van der Waals surface area contributed by atoms with Crippen molar-refractivity contribution in [3.05, 3.63) is 53.6 Å². The second-order valence-corrected chi connectivity index (χ2v) is 9.73. The quantitative estimate of drug-likeness (QED) is 0.685. The first-order valence-electron chi connectivity index (χ1n) is 7.29. The van der Waals surface area contributed by atoms with Crippen LogP contribution in [0.2, 0.25) is 0 Å². The van der Waals surface area contributed by atoms with Crippen LogP contribution in [0, 0.1) is 0 Å². The van der Waals surface area contributed by atoms with Gasteiger partial charge in [-0.25, -0.2) is 0 Å². The van der Waals surface area contributed by atoms with Gasteiger partial charge in [-0.3, -0.25) is 0 Å². The van der Waals surface area contributed by atoms with Gasteiger partial charge < -0.3 is 0 Å². The van der Waals surface area contributed by atoms with Crippen molar-refractivity contribution in [3.8, 4) is 0 Å². The predicted octanol–water partition coefficient (Wildman–Crippen LogP) is 5.49. The molecule has 1 aromatic carbocycles. The first-order chi connectivity index (χ1) is 9.30. The van der Waals surface area contributed by atoms with Crippen molar-refractivity contribution < 1.29 is 19.4 Å². The number of hydrogen-bond acceptors (Lipinski definition) is 1. The molecule has 0 amide bonds. The smallest absolute Gasteiger partial charge is 0.147 e. The zero-order valence-corrected chi connectivity index (χ0v) is 17.3. The Morgan fingerprint density at radius 1 is 1.00 bits per heavy atom. The Labute approximate surface area is 157 Å². The largest absolute Gasteiger partial charge is 0.147 e. The fraction of sp³-hybridized carbons (Fsp3) is 0.444. The van der Waals surface area contributed by atoms with Crippen LogP contribution in [-0.2, 0) is 23.1 Å². The van der Waals surface area contributed by atoms with Crippen LogP contribution in [0.25, 0.3) is 5.57 Å². The van der Waals surface area contributed by atoms with Crippen LogP contribution in [0.5, 0.6) is 0 Å². The fourth-order valence-electron chi connectivity index (χ4n) is 2.37. The minimum absolute atomic E-state index is 0. The molecule has 122 valence electrons. The molecule has 4 heteroatoms. The zero-order valence-electron chi connectivity index (χ0n) is 14.1. The molecule has 2 rings (SSSR count). The summed E-state index contributed by atoms with van der Waals surface area (Å²) in [5.41, 5.74) is 4.59. The van der Waals surface area contributed by atoms with Gasteiger partial charge in [-0.05, 0) is 0 Å². The van der Waals surface area contributed by atoms with Crippen LogP contribution in [0.4, 0.5) is 0 Å². The molecule has 1 aliphatic carbocycles. The minimum Gasteiger partial charge on any atom is -0.147 e.